The fourth-order valence-corrected chi connectivity index (χ4v) is 5.14. The molecule has 190 valence electrons. The molecule has 0 aliphatic carbocycles. The molecule has 0 unspecified atom stereocenters. The van der Waals surface area contributed by atoms with Gasteiger partial charge in [-0.15, -0.1) is 0 Å². The van der Waals surface area contributed by atoms with E-state index in [9.17, 15) is 14.4 Å². The summed E-state index contributed by atoms with van der Waals surface area (Å²) in [6.07, 6.45) is -0.648. The number of carbonyl (C=O) groups is 2. The molecule has 37 heavy (non-hydrogen) atoms. The van der Waals surface area contributed by atoms with E-state index in [0.29, 0.717) is 35.0 Å². The second kappa shape index (κ2) is 9.33. The van der Waals surface area contributed by atoms with Crippen LogP contribution in [0, 0.1) is 12.8 Å². The van der Waals surface area contributed by atoms with E-state index in [2.05, 4.69) is 19.2 Å². The number of hydrogen-bond acceptors (Lipinski definition) is 6. The van der Waals surface area contributed by atoms with Gasteiger partial charge in [0.25, 0.3) is 5.56 Å². The normalized spacial score (nSPS) is 12.1. The second-order valence-corrected chi connectivity index (χ2v) is 9.80. The van der Waals surface area contributed by atoms with Gasteiger partial charge in [-0.3, -0.25) is 9.59 Å². The summed E-state index contributed by atoms with van der Waals surface area (Å²) in [5.41, 5.74) is 11.2. The number of carboxylic acid groups (broad SMARTS) is 1. The number of aryl methyl sites for hydroxylation is 1. The number of carbonyl (C=O) groups excluding carboxylic acids is 1. The largest absolute Gasteiger partial charge is 0.506 e. The molecular weight excluding hydrogens is 472 g/mol. The van der Waals surface area contributed by atoms with Gasteiger partial charge in [-0.05, 0) is 65.4 Å². The third-order valence-corrected chi connectivity index (χ3v) is 6.79. The predicted octanol–water partition coefficient (Wildman–Crippen LogP) is 4.18. The lowest BCUT2D eigenvalue weighted by molar-refractivity contribution is -0.114. The lowest BCUT2D eigenvalue weighted by Crippen LogP contribution is -2.25. The highest BCUT2D eigenvalue weighted by atomic mass is 16.7. The molecule has 0 saturated carbocycles. The summed E-state index contributed by atoms with van der Waals surface area (Å²) < 4.78 is 6.37. The molecule has 1 aliphatic rings. The van der Waals surface area contributed by atoms with Crippen molar-refractivity contribution in [1.29, 1.82) is 0 Å². The maximum atomic E-state index is 13.4. The first kappa shape index (κ1) is 24.5. The van der Waals surface area contributed by atoms with Gasteiger partial charge < -0.3 is 25.5 Å². The van der Waals surface area contributed by atoms with E-state index in [0.717, 1.165) is 44.9 Å². The molecule has 0 bridgehead atoms. The molecule has 0 spiro atoms. The Morgan fingerprint density at radius 3 is 2.65 bits per heavy atom. The Labute approximate surface area is 212 Å². The first-order valence-electron chi connectivity index (χ1n) is 12.2. The molecule has 2 aromatic heterocycles. The van der Waals surface area contributed by atoms with Crippen LogP contribution in [0.4, 0.5) is 10.5 Å². The van der Waals surface area contributed by atoms with Crippen LogP contribution in [0.2, 0.25) is 0 Å². The Balaban J connectivity index is 1.75. The van der Waals surface area contributed by atoms with Crippen molar-refractivity contribution in [3.8, 4) is 11.4 Å². The minimum absolute atomic E-state index is 0.104. The number of benzene rings is 2. The zero-order valence-corrected chi connectivity index (χ0v) is 20.9. The van der Waals surface area contributed by atoms with E-state index < -0.39 is 6.16 Å². The van der Waals surface area contributed by atoms with Crippen molar-refractivity contribution in [2.75, 3.05) is 11.9 Å². The number of amides is 1. The molecule has 1 amide bonds. The molecule has 4 aromatic rings. The Kier molecular flexibility index (Phi) is 6.16. The number of nitrogens with two attached hydrogens (primary N) is 1. The van der Waals surface area contributed by atoms with Gasteiger partial charge in [-0.2, -0.15) is 0 Å². The molecule has 3 heterocycles. The van der Waals surface area contributed by atoms with Gasteiger partial charge in [0.2, 0.25) is 5.91 Å². The van der Waals surface area contributed by atoms with Crippen molar-refractivity contribution in [2.24, 2.45) is 11.7 Å². The van der Waals surface area contributed by atoms with E-state index in [-0.39, 0.29) is 24.6 Å². The van der Waals surface area contributed by atoms with Gasteiger partial charge in [-0.25, -0.2) is 9.78 Å². The van der Waals surface area contributed by atoms with Crippen molar-refractivity contribution >= 4 is 39.4 Å². The zero-order chi connectivity index (χ0) is 26.4. The summed E-state index contributed by atoms with van der Waals surface area (Å²) in [4.78, 5) is 41.3. The number of nitrogens with one attached hydrogen (secondary N) is 1. The standard InChI is InChI=1S/C28H28N4O5/c1-14(2)8-19-20-12-32-23(9-15(3)21(27(32)34)13-37-28(35)36)26(20)31-22-7-5-16-4-6-17(30-24(33)11-29)10-18(16)25(19)22/h4-7,9-10,14H,8,11-13,29H2,1-3H3,(H,30,33)(H,35,36). The van der Waals surface area contributed by atoms with E-state index >= 15 is 0 Å². The fourth-order valence-electron chi connectivity index (χ4n) is 5.14. The third-order valence-electron chi connectivity index (χ3n) is 6.79. The van der Waals surface area contributed by atoms with Crippen LogP contribution in [0.15, 0.2) is 41.2 Å². The Hall–Kier alpha value is -4.24. The van der Waals surface area contributed by atoms with Crippen LogP contribution in [0.25, 0.3) is 33.1 Å². The van der Waals surface area contributed by atoms with Crippen molar-refractivity contribution in [3.63, 3.8) is 0 Å². The number of pyridine rings is 2. The van der Waals surface area contributed by atoms with Crippen molar-refractivity contribution < 1.29 is 19.4 Å². The average Bonchev–Trinajstić information content (AvgIpc) is 3.21. The summed E-state index contributed by atoms with van der Waals surface area (Å²) in [6.45, 7) is 6.02. The van der Waals surface area contributed by atoms with E-state index in [1.165, 1.54) is 0 Å². The highest BCUT2D eigenvalue weighted by Crippen LogP contribution is 2.40. The van der Waals surface area contributed by atoms with Crippen LogP contribution in [-0.2, 0) is 29.1 Å². The number of anilines is 1. The van der Waals surface area contributed by atoms with Gasteiger partial charge in [0.15, 0.2) is 0 Å². The van der Waals surface area contributed by atoms with Crippen molar-refractivity contribution in [1.82, 2.24) is 9.55 Å². The molecule has 0 radical (unpaired) electrons. The minimum atomic E-state index is -1.42. The first-order valence-corrected chi connectivity index (χ1v) is 12.2. The summed E-state index contributed by atoms with van der Waals surface area (Å²) in [6, 6.07) is 11.6. The van der Waals surface area contributed by atoms with E-state index in [4.69, 9.17) is 20.6 Å². The zero-order valence-electron chi connectivity index (χ0n) is 20.9. The van der Waals surface area contributed by atoms with Gasteiger partial charge in [0.1, 0.15) is 6.61 Å². The summed E-state index contributed by atoms with van der Waals surface area (Å²) >= 11 is 0. The van der Waals surface area contributed by atoms with Gasteiger partial charge in [0, 0.05) is 16.6 Å². The molecule has 1 aliphatic heterocycles. The average molecular weight is 501 g/mol. The number of aromatic nitrogens is 2. The highest BCUT2D eigenvalue weighted by Gasteiger charge is 2.28. The van der Waals surface area contributed by atoms with Crippen molar-refractivity contribution in [3.05, 3.63) is 69.0 Å². The highest BCUT2D eigenvalue weighted by molar-refractivity contribution is 6.10. The molecule has 0 atom stereocenters. The minimum Gasteiger partial charge on any atom is -0.450 e. The SMILES string of the molecule is Cc1cc2n(c(=O)c1COC(=O)O)Cc1c-2nc2ccc3ccc(NC(=O)CN)cc3c2c1CC(C)C. The Morgan fingerprint density at radius 2 is 1.95 bits per heavy atom. The number of nitrogens with zero attached hydrogens (tertiary/aromatic N) is 2. The fraction of sp³-hybridized carbons (Fsp3) is 0.286. The van der Waals surface area contributed by atoms with Crippen LogP contribution in [0.3, 0.4) is 0 Å². The molecule has 0 fully saturated rings. The first-order chi connectivity index (χ1) is 17.7. The predicted molar refractivity (Wildman–Crippen MR) is 142 cm³/mol. The lowest BCUT2D eigenvalue weighted by Gasteiger charge is -2.16. The molecule has 4 N–H and O–H groups in total. The monoisotopic (exact) mass is 500 g/mol. The van der Waals surface area contributed by atoms with Crippen LogP contribution in [0.5, 0.6) is 0 Å². The number of rotatable bonds is 6. The molecule has 9 heteroatoms. The van der Waals surface area contributed by atoms with Crippen LogP contribution in [-0.4, -0.2) is 33.3 Å². The maximum Gasteiger partial charge on any atom is 0.506 e. The van der Waals surface area contributed by atoms with Gasteiger partial charge >= 0.3 is 6.16 Å². The van der Waals surface area contributed by atoms with E-state index in [1.807, 2.05) is 36.4 Å². The second-order valence-electron chi connectivity index (χ2n) is 9.80. The van der Waals surface area contributed by atoms with Crippen LogP contribution >= 0.6 is 0 Å². The molecule has 2 aromatic carbocycles. The quantitative estimate of drug-likeness (QED) is 0.235. The van der Waals surface area contributed by atoms with Crippen molar-refractivity contribution in [2.45, 2.75) is 40.3 Å². The number of fused-ring (bicyclic) bond motifs is 6. The van der Waals surface area contributed by atoms with Crippen LogP contribution in [0.1, 0.15) is 36.1 Å². The lowest BCUT2D eigenvalue weighted by atomic mass is 9.90. The van der Waals surface area contributed by atoms with Crippen LogP contribution < -0.4 is 16.6 Å². The number of hydrogen-bond donors (Lipinski definition) is 3. The topological polar surface area (TPSA) is 137 Å². The van der Waals surface area contributed by atoms with E-state index in [1.54, 1.807) is 11.5 Å². The maximum absolute atomic E-state index is 13.4. The summed E-state index contributed by atoms with van der Waals surface area (Å²) in [7, 11) is 0. The summed E-state index contributed by atoms with van der Waals surface area (Å²) in [5.74, 6) is 0.0701. The smallest absolute Gasteiger partial charge is 0.450 e. The molecule has 9 nitrogen and oxygen atoms in total. The Bertz CT molecular complexity index is 1660. The molecule has 0 saturated heterocycles. The summed E-state index contributed by atoms with van der Waals surface area (Å²) in [5, 5.41) is 14.7. The third kappa shape index (κ3) is 4.31. The van der Waals surface area contributed by atoms with Gasteiger partial charge in [0.05, 0.1) is 35.6 Å². The molecule has 5 rings (SSSR count). The Morgan fingerprint density at radius 1 is 1.19 bits per heavy atom. The molecular formula is C28H28N4O5. The van der Waals surface area contributed by atoms with Gasteiger partial charge in [-0.1, -0.05) is 26.0 Å². The number of ether oxygens (including phenoxy) is 1.